The van der Waals surface area contributed by atoms with E-state index in [1.165, 1.54) is 12.1 Å². The fourth-order valence-corrected chi connectivity index (χ4v) is 3.62. The normalized spacial score (nSPS) is 16.4. The molecule has 2 heterocycles. The molecule has 4 rings (SSSR count). The van der Waals surface area contributed by atoms with Crippen LogP contribution in [-0.2, 0) is 11.3 Å². The van der Waals surface area contributed by atoms with E-state index in [-0.39, 0.29) is 18.2 Å². The number of halogens is 2. The highest BCUT2D eigenvalue weighted by atomic mass is 35.5. The number of hydrogen-bond acceptors (Lipinski definition) is 5. The topological polar surface area (TPSA) is 68.5 Å². The van der Waals surface area contributed by atoms with Crippen molar-refractivity contribution in [2.24, 2.45) is 0 Å². The first-order chi connectivity index (χ1) is 14.0. The molecule has 1 unspecified atom stereocenters. The molecule has 3 aromatic rings. The molecule has 0 spiro atoms. The second-order valence-electron chi connectivity index (χ2n) is 6.80. The number of benzene rings is 2. The fraction of sp³-hybridized carbons (Fsp3) is 0.286. The van der Waals surface area contributed by atoms with Crippen LogP contribution in [0.25, 0.3) is 11.5 Å². The van der Waals surface area contributed by atoms with Crippen LogP contribution in [0, 0.1) is 5.82 Å². The minimum absolute atomic E-state index is 0.0311. The van der Waals surface area contributed by atoms with Crippen LogP contribution in [0.4, 0.5) is 4.39 Å². The van der Waals surface area contributed by atoms with Crippen LogP contribution in [0.15, 0.2) is 47.0 Å². The van der Waals surface area contributed by atoms with Crippen LogP contribution >= 0.6 is 11.6 Å². The quantitative estimate of drug-likeness (QED) is 0.595. The maximum absolute atomic E-state index is 13.2. The Hall–Kier alpha value is -2.93. The number of likely N-dealkylation sites (tertiary alicyclic amines) is 1. The molecule has 1 atom stereocenters. The smallest absolute Gasteiger partial charge is 0.261 e. The Labute approximate surface area is 172 Å². The van der Waals surface area contributed by atoms with Crippen molar-refractivity contribution in [1.82, 2.24) is 15.0 Å². The van der Waals surface area contributed by atoms with Gasteiger partial charge in [0.1, 0.15) is 11.6 Å². The number of hydrogen-bond donors (Lipinski definition) is 0. The summed E-state index contributed by atoms with van der Waals surface area (Å²) in [6.07, 6.45) is 0.283. The van der Waals surface area contributed by atoms with Gasteiger partial charge in [-0.3, -0.25) is 4.79 Å². The van der Waals surface area contributed by atoms with Gasteiger partial charge in [0.2, 0.25) is 5.91 Å². The van der Waals surface area contributed by atoms with Crippen molar-refractivity contribution in [2.45, 2.75) is 25.8 Å². The van der Waals surface area contributed by atoms with Crippen molar-refractivity contribution in [1.29, 1.82) is 0 Å². The van der Waals surface area contributed by atoms with Gasteiger partial charge in [0.25, 0.3) is 5.89 Å². The van der Waals surface area contributed by atoms with Gasteiger partial charge in [0.05, 0.1) is 12.2 Å². The molecule has 0 N–H and O–H groups in total. The van der Waals surface area contributed by atoms with Crippen molar-refractivity contribution in [3.05, 3.63) is 64.7 Å². The second kappa shape index (κ2) is 8.21. The van der Waals surface area contributed by atoms with Gasteiger partial charge in [0, 0.05) is 30.5 Å². The molecule has 0 radical (unpaired) electrons. The number of para-hydroxylation sites is 1. The van der Waals surface area contributed by atoms with E-state index >= 15 is 0 Å². The van der Waals surface area contributed by atoms with Gasteiger partial charge in [-0.05, 0) is 36.8 Å². The van der Waals surface area contributed by atoms with Crippen molar-refractivity contribution >= 4 is 17.5 Å². The van der Waals surface area contributed by atoms with Gasteiger partial charge in [-0.2, -0.15) is 4.98 Å². The third-order valence-electron chi connectivity index (χ3n) is 4.82. The molecule has 1 fully saturated rings. The number of aromatic nitrogens is 2. The molecule has 1 amide bonds. The van der Waals surface area contributed by atoms with Crippen molar-refractivity contribution in [3.8, 4) is 17.2 Å². The molecule has 1 aliphatic heterocycles. The van der Waals surface area contributed by atoms with Crippen LogP contribution < -0.4 is 4.74 Å². The van der Waals surface area contributed by atoms with Crippen molar-refractivity contribution in [3.63, 3.8) is 0 Å². The first-order valence-electron chi connectivity index (χ1n) is 9.32. The van der Waals surface area contributed by atoms with Gasteiger partial charge < -0.3 is 14.2 Å². The monoisotopic (exact) mass is 415 g/mol. The zero-order chi connectivity index (χ0) is 20.4. The first-order valence-corrected chi connectivity index (χ1v) is 9.70. The molecule has 0 saturated carbocycles. The molecule has 29 heavy (non-hydrogen) atoms. The molecular formula is C21H19ClFN3O3. The fourth-order valence-electron chi connectivity index (χ4n) is 3.39. The van der Waals surface area contributed by atoms with Gasteiger partial charge in [-0.1, -0.05) is 35.0 Å². The van der Waals surface area contributed by atoms with Crippen LogP contribution in [-0.4, -0.2) is 34.1 Å². The lowest BCUT2D eigenvalue weighted by Crippen LogP contribution is -2.24. The lowest BCUT2D eigenvalue weighted by Gasteiger charge is -2.17. The number of amides is 1. The minimum atomic E-state index is -0.406. The number of carbonyl (C=O) groups is 1. The van der Waals surface area contributed by atoms with Crippen LogP contribution in [0.1, 0.15) is 30.7 Å². The zero-order valence-corrected chi connectivity index (χ0v) is 16.5. The summed E-state index contributed by atoms with van der Waals surface area (Å²) in [6.45, 7) is 3.18. The Morgan fingerprint density at radius 3 is 2.93 bits per heavy atom. The van der Waals surface area contributed by atoms with E-state index in [1.807, 2.05) is 31.2 Å². The van der Waals surface area contributed by atoms with Crippen LogP contribution in [0.2, 0.25) is 5.02 Å². The summed E-state index contributed by atoms with van der Waals surface area (Å²) in [6, 6.07) is 11.6. The summed E-state index contributed by atoms with van der Waals surface area (Å²) in [7, 11) is 0. The average molecular weight is 416 g/mol. The molecule has 1 aromatic heterocycles. The minimum Gasteiger partial charge on any atom is -0.493 e. The molecule has 1 saturated heterocycles. The predicted octanol–water partition coefficient (Wildman–Crippen LogP) is 4.44. The predicted molar refractivity (Wildman–Crippen MR) is 105 cm³/mol. The molecule has 0 bridgehead atoms. The highest BCUT2D eigenvalue weighted by Gasteiger charge is 2.34. The van der Waals surface area contributed by atoms with E-state index in [0.717, 1.165) is 0 Å². The highest BCUT2D eigenvalue weighted by Crippen LogP contribution is 2.33. The van der Waals surface area contributed by atoms with E-state index in [0.29, 0.717) is 53.3 Å². The average Bonchev–Trinajstić information content (AvgIpc) is 3.32. The van der Waals surface area contributed by atoms with Gasteiger partial charge in [0.15, 0.2) is 5.82 Å². The molecule has 1 aliphatic rings. The third kappa shape index (κ3) is 4.10. The number of nitrogens with zero attached hydrogens (tertiary/aromatic N) is 3. The second-order valence-corrected chi connectivity index (χ2v) is 7.21. The summed E-state index contributed by atoms with van der Waals surface area (Å²) in [5, 5.41) is 4.39. The summed E-state index contributed by atoms with van der Waals surface area (Å²) >= 11 is 6.09. The van der Waals surface area contributed by atoms with Crippen molar-refractivity contribution in [2.75, 3.05) is 13.2 Å². The Kier molecular flexibility index (Phi) is 5.49. The zero-order valence-electron chi connectivity index (χ0n) is 15.8. The number of ether oxygens (including phenoxy) is 1. The van der Waals surface area contributed by atoms with E-state index in [2.05, 4.69) is 10.1 Å². The standard InChI is InChI=1S/C21H19ClFN3O3/c1-2-28-18-6-4-3-5-16(18)21-24-20(25-29-21)14-9-19(27)26(12-14)11-13-7-8-15(23)10-17(13)22/h3-8,10,14H,2,9,11-12H2,1H3. The van der Waals surface area contributed by atoms with E-state index in [1.54, 1.807) is 11.0 Å². The molecule has 150 valence electrons. The van der Waals surface area contributed by atoms with Gasteiger partial charge >= 0.3 is 0 Å². The lowest BCUT2D eigenvalue weighted by molar-refractivity contribution is -0.128. The molecule has 0 aliphatic carbocycles. The molecule has 6 nitrogen and oxygen atoms in total. The van der Waals surface area contributed by atoms with Crippen LogP contribution in [0.3, 0.4) is 0 Å². The maximum atomic E-state index is 13.2. The largest absolute Gasteiger partial charge is 0.493 e. The Morgan fingerprint density at radius 2 is 2.14 bits per heavy atom. The Morgan fingerprint density at radius 1 is 1.31 bits per heavy atom. The molecule has 2 aromatic carbocycles. The number of rotatable bonds is 6. The van der Waals surface area contributed by atoms with Crippen molar-refractivity contribution < 1.29 is 18.4 Å². The van der Waals surface area contributed by atoms with E-state index in [9.17, 15) is 9.18 Å². The summed E-state index contributed by atoms with van der Waals surface area (Å²) in [4.78, 5) is 18.6. The summed E-state index contributed by atoms with van der Waals surface area (Å²) in [5.41, 5.74) is 1.41. The maximum Gasteiger partial charge on any atom is 0.261 e. The van der Waals surface area contributed by atoms with E-state index < -0.39 is 5.82 Å². The van der Waals surface area contributed by atoms with Crippen LogP contribution in [0.5, 0.6) is 5.75 Å². The first kappa shape index (κ1) is 19.4. The molecule has 8 heteroatoms. The highest BCUT2D eigenvalue weighted by molar-refractivity contribution is 6.31. The van der Waals surface area contributed by atoms with Gasteiger partial charge in [-0.15, -0.1) is 0 Å². The lowest BCUT2D eigenvalue weighted by atomic mass is 10.1. The Bertz CT molecular complexity index is 1040. The number of carbonyl (C=O) groups excluding carboxylic acids is 1. The Balaban J connectivity index is 1.50. The van der Waals surface area contributed by atoms with E-state index in [4.69, 9.17) is 20.9 Å². The summed E-state index contributed by atoms with van der Waals surface area (Å²) in [5.74, 6) is 0.884. The third-order valence-corrected chi connectivity index (χ3v) is 5.17. The summed E-state index contributed by atoms with van der Waals surface area (Å²) < 4.78 is 24.3. The molecular weight excluding hydrogens is 397 g/mol. The van der Waals surface area contributed by atoms with Gasteiger partial charge in [-0.25, -0.2) is 4.39 Å². The SMILES string of the molecule is CCOc1ccccc1-c1nc(C2CC(=O)N(Cc3ccc(F)cc3Cl)C2)no1.